The molecule has 2 rings (SSSR count). The molecule has 0 heterocycles. The number of phenols is 1. The van der Waals surface area contributed by atoms with E-state index in [-0.39, 0.29) is 11.5 Å². The summed E-state index contributed by atoms with van der Waals surface area (Å²) >= 11 is 0. The van der Waals surface area contributed by atoms with Crippen LogP contribution < -0.4 is 14.8 Å². The Morgan fingerprint density at radius 2 is 1.95 bits per heavy atom. The smallest absolute Gasteiger partial charge is 0.387 e. The number of aromatic hydroxyl groups is 1. The first-order valence-corrected chi connectivity index (χ1v) is 6.23. The third-order valence-corrected chi connectivity index (χ3v) is 2.83. The minimum absolute atomic E-state index is 0.0739. The summed E-state index contributed by atoms with van der Waals surface area (Å²) in [5.41, 5.74) is 1.24. The summed E-state index contributed by atoms with van der Waals surface area (Å²) in [6, 6.07) is 11.1. The highest BCUT2D eigenvalue weighted by Crippen LogP contribution is 2.25. The number of ether oxygens (including phenoxy) is 2. The van der Waals surface area contributed by atoms with Gasteiger partial charge in [-0.15, -0.1) is 0 Å². The molecule has 0 unspecified atom stereocenters. The number of hydrogen-bond acceptors (Lipinski definition) is 4. The topological polar surface area (TPSA) is 50.7 Å². The normalized spacial score (nSPS) is 10.5. The molecule has 0 amide bonds. The zero-order valence-corrected chi connectivity index (χ0v) is 11.3. The minimum Gasteiger partial charge on any atom is -0.508 e. The van der Waals surface area contributed by atoms with Crippen LogP contribution in [0.1, 0.15) is 5.56 Å². The fourth-order valence-electron chi connectivity index (χ4n) is 1.81. The van der Waals surface area contributed by atoms with Crippen molar-refractivity contribution in [3.63, 3.8) is 0 Å². The van der Waals surface area contributed by atoms with Gasteiger partial charge in [-0.3, -0.25) is 0 Å². The van der Waals surface area contributed by atoms with Crippen molar-refractivity contribution in [2.24, 2.45) is 0 Å². The Morgan fingerprint density at radius 1 is 1.14 bits per heavy atom. The molecular formula is C15H15F2NO3. The monoisotopic (exact) mass is 295 g/mol. The van der Waals surface area contributed by atoms with E-state index in [4.69, 9.17) is 4.74 Å². The summed E-state index contributed by atoms with van der Waals surface area (Å²) in [6.07, 6.45) is 0. The van der Waals surface area contributed by atoms with Crippen molar-refractivity contribution in [2.45, 2.75) is 13.2 Å². The van der Waals surface area contributed by atoms with Crippen molar-refractivity contribution in [3.05, 3.63) is 48.0 Å². The number of alkyl halides is 2. The van der Waals surface area contributed by atoms with E-state index in [9.17, 15) is 13.9 Å². The lowest BCUT2D eigenvalue weighted by Gasteiger charge is -2.11. The van der Waals surface area contributed by atoms with Crippen molar-refractivity contribution < 1.29 is 23.4 Å². The molecule has 0 atom stereocenters. The van der Waals surface area contributed by atoms with Crippen LogP contribution in [0.2, 0.25) is 0 Å². The summed E-state index contributed by atoms with van der Waals surface area (Å²) in [6.45, 7) is -2.54. The van der Waals surface area contributed by atoms with E-state index in [2.05, 4.69) is 10.1 Å². The Hall–Kier alpha value is -2.50. The number of hydrogen-bond donors (Lipinski definition) is 2. The predicted octanol–water partition coefficient (Wildman–Crippen LogP) is 3.61. The summed E-state index contributed by atoms with van der Waals surface area (Å²) < 4.78 is 33.7. The summed E-state index contributed by atoms with van der Waals surface area (Å²) in [5.74, 6) is 0.826. The average Bonchev–Trinajstić information content (AvgIpc) is 2.46. The molecule has 0 saturated carbocycles. The van der Waals surface area contributed by atoms with Crippen LogP contribution in [0.4, 0.5) is 14.5 Å². The van der Waals surface area contributed by atoms with Crippen molar-refractivity contribution >= 4 is 5.69 Å². The Labute approximate surface area is 120 Å². The maximum Gasteiger partial charge on any atom is 0.387 e. The molecule has 0 aliphatic heterocycles. The maximum atomic E-state index is 12.1. The number of anilines is 1. The van der Waals surface area contributed by atoms with Gasteiger partial charge in [0.2, 0.25) is 0 Å². The van der Waals surface area contributed by atoms with Gasteiger partial charge >= 0.3 is 6.61 Å². The minimum atomic E-state index is -2.86. The SMILES string of the molecule is COc1ccc(O)c(CNc2cccc(OC(F)F)c2)c1. The molecule has 0 spiro atoms. The van der Waals surface area contributed by atoms with Gasteiger partial charge in [0.05, 0.1) is 7.11 Å². The Morgan fingerprint density at radius 3 is 2.67 bits per heavy atom. The molecule has 0 aliphatic carbocycles. The van der Waals surface area contributed by atoms with E-state index < -0.39 is 6.61 Å². The van der Waals surface area contributed by atoms with Crippen LogP contribution in [0.5, 0.6) is 17.2 Å². The van der Waals surface area contributed by atoms with E-state index >= 15 is 0 Å². The van der Waals surface area contributed by atoms with Gasteiger partial charge in [-0.2, -0.15) is 8.78 Å². The van der Waals surface area contributed by atoms with Crippen LogP contribution in [-0.4, -0.2) is 18.8 Å². The molecule has 112 valence electrons. The Bertz CT molecular complexity index is 605. The summed E-state index contributed by atoms with van der Waals surface area (Å²) in [4.78, 5) is 0. The molecule has 0 aliphatic rings. The molecule has 4 nitrogen and oxygen atoms in total. The van der Waals surface area contributed by atoms with Gasteiger partial charge in [0, 0.05) is 23.9 Å². The van der Waals surface area contributed by atoms with Crippen molar-refractivity contribution in [1.29, 1.82) is 0 Å². The van der Waals surface area contributed by atoms with Crippen LogP contribution in [0, 0.1) is 0 Å². The van der Waals surface area contributed by atoms with Crippen LogP contribution in [0.25, 0.3) is 0 Å². The van der Waals surface area contributed by atoms with Gasteiger partial charge in [-0.05, 0) is 30.3 Å². The highest BCUT2D eigenvalue weighted by atomic mass is 19.3. The van der Waals surface area contributed by atoms with Crippen LogP contribution in [0.3, 0.4) is 0 Å². The zero-order valence-electron chi connectivity index (χ0n) is 11.3. The molecule has 21 heavy (non-hydrogen) atoms. The summed E-state index contributed by atoms with van der Waals surface area (Å²) in [5, 5.41) is 12.8. The maximum absolute atomic E-state index is 12.1. The average molecular weight is 295 g/mol. The molecule has 2 aromatic carbocycles. The zero-order chi connectivity index (χ0) is 15.2. The van der Waals surface area contributed by atoms with Gasteiger partial charge in [0.15, 0.2) is 0 Å². The van der Waals surface area contributed by atoms with E-state index in [0.29, 0.717) is 23.5 Å². The first-order chi connectivity index (χ1) is 10.1. The predicted molar refractivity (Wildman–Crippen MR) is 75.1 cm³/mol. The van der Waals surface area contributed by atoms with Crippen LogP contribution in [-0.2, 0) is 6.54 Å². The van der Waals surface area contributed by atoms with Crippen molar-refractivity contribution in [3.8, 4) is 17.2 Å². The molecule has 0 bridgehead atoms. The second-order valence-corrected chi connectivity index (χ2v) is 4.25. The lowest BCUT2D eigenvalue weighted by atomic mass is 10.2. The Balaban J connectivity index is 2.06. The Kier molecular flexibility index (Phi) is 4.81. The fourth-order valence-corrected chi connectivity index (χ4v) is 1.81. The lowest BCUT2D eigenvalue weighted by molar-refractivity contribution is -0.0498. The van der Waals surface area contributed by atoms with E-state index in [0.717, 1.165) is 0 Å². The first-order valence-electron chi connectivity index (χ1n) is 6.23. The number of methoxy groups -OCH3 is 1. The van der Waals surface area contributed by atoms with Gasteiger partial charge in [0.1, 0.15) is 17.2 Å². The number of benzene rings is 2. The lowest BCUT2D eigenvalue weighted by Crippen LogP contribution is -2.03. The second kappa shape index (κ2) is 6.78. The van der Waals surface area contributed by atoms with Crippen molar-refractivity contribution in [1.82, 2.24) is 0 Å². The van der Waals surface area contributed by atoms with Crippen LogP contribution >= 0.6 is 0 Å². The largest absolute Gasteiger partial charge is 0.508 e. The van der Waals surface area contributed by atoms with E-state index in [1.165, 1.54) is 25.3 Å². The molecule has 2 N–H and O–H groups in total. The second-order valence-electron chi connectivity index (χ2n) is 4.25. The first kappa shape index (κ1) is 14.9. The fraction of sp³-hybridized carbons (Fsp3) is 0.200. The molecule has 2 aromatic rings. The highest BCUT2D eigenvalue weighted by molar-refractivity contribution is 5.50. The third-order valence-electron chi connectivity index (χ3n) is 2.83. The van der Waals surface area contributed by atoms with Crippen molar-refractivity contribution in [2.75, 3.05) is 12.4 Å². The van der Waals surface area contributed by atoms with E-state index in [1.807, 2.05) is 0 Å². The van der Waals surface area contributed by atoms with Gasteiger partial charge < -0.3 is 19.9 Å². The number of nitrogens with one attached hydrogen (secondary N) is 1. The van der Waals surface area contributed by atoms with Gasteiger partial charge in [-0.25, -0.2) is 0 Å². The highest BCUT2D eigenvalue weighted by Gasteiger charge is 2.06. The molecule has 0 aromatic heterocycles. The molecular weight excluding hydrogens is 280 g/mol. The third kappa shape index (κ3) is 4.24. The standard InChI is InChI=1S/C15H15F2NO3/c1-20-12-5-6-14(19)10(7-12)9-18-11-3-2-4-13(8-11)21-15(16)17/h2-8,15,18-19H,9H2,1H3. The number of phenolic OH excluding ortho intramolecular Hbond substituents is 1. The molecule has 6 heteroatoms. The quantitative estimate of drug-likeness (QED) is 0.854. The van der Waals surface area contributed by atoms with Gasteiger partial charge in [-0.1, -0.05) is 6.07 Å². The van der Waals surface area contributed by atoms with Crippen LogP contribution in [0.15, 0.2) is 42.5 Å². The number of halogens is 2. The molecule has 0 fully saturated rings. The molecule has 0 radical (unpaired) electrons. The number of rotatable bonds is 6. The van der Waals surface area contributed by atoms with E-state index in [1.54, 1.807) is 24.3 Å². The molecule has 0 saturated heterocycles. The van der Waals surface area contributed by atoms with Gasteiger partial charge in [0.25, 0.3) is 0 Å². The summed E-state index contributed by atoms with van der Waals surface area (Å²) in [7, 11) is 1.54.